The highest BCUT2D eigenvalue weighted by Gasteiger charge is 2.12. The molecule has 0 spiro atoms. The molecule has 4 aromatic rings. The van der Waals surface area contributed by atoms with Gasteiger partial charge in [-0.3, -0.25) is 0 Å². The van der Waals surface area contributed by atoms with E-state index in [1.165, 1.54) is 0 Å². The van der Waals surface area contributed by atoms with Crippen LogP contribution in [-0.4, -0.2) is 4.98 Å². The summed E-state index contributed by atoms with van der Waals surface area (Å²) in [6, 6.07) is 19.8. The molecule has 4 rings (SSSR count). The molecule has 0 aliphatic heterocycles. The molecule has 2 heterocycles. The van der Waals surface area contributed by atoms with Crippen LogP contribution < -0.4 is 4.74 Å². The predicted molar refractivity (Wildman–Crippen MR) is 106 cm³/mol. The van der Waals surface area contributed by atoms with Crippen molar-refractivity contribution < 1.29 is 13.6 Å². The molecule has 0 bridgehead atoms. The van der Waals surface area contributed by atoms with Gasteiger partial charge in [-0.2, -0.15) is 5.26 Å². The molecule has 0 N–H and O–H groups in total. The van der Waals surface area contributed by atoms with E-state index in [9.17, 15) is 0 Å². The van der Waals surface area contributed by atoms with E-state index in [0.29, 0.717) is 24.7 Å². The number of furan rings is 1. The highest BCUT2D eigenvalue weighted by atomic mass is 16.5. The molecule has 28 heavy (non-hydrogen) atoms. The summed E-state index contributed by atoms with van der Waals surface area (Å²) in [5.41, 5.74) is 2.50. The van der Waals surface area contributed by atoms with Gasteiger partial charge in [-0.05, 0) is 43.7 Å². The van der Waals surface area contributed by atoms with Crippen LogP contribution >= 0.6 is 0 Å². The molecule has 2 aromatic carbocycles. The van der Waals surface area contributed by atoms with Crippen molar-refractivity contribution in [2.24, 2.45) is 0 Å². The van der Waals surface area contributed by atoms with Crippen molar-refractivity contribution >= 4 is 11.0 Å². The third-order valence-corrected chi connectivity index (χ3v) is 4.54. The van der Waals surface area contributed by atoms with Gasteiger partial charge in [0.05, 0.1) is 6.07 Å². The topological polar surface area (TPSA) is 72.2 Å². The summed E-state index contributed by atoms with van der Waals surface area (Å²) in [6.45, 7) is 2.21. The van der Waals surface area contributed by atoms with E-state index in [1.807, 2.05) is 61.5 Å². The molecule has 0 aliphatic carbocycles. The Balaban J connectivity index is 1.45. The fraction of sp³-hybridized carbons (Fsp3) is 0.217. The van der Waals surface area contributed by atoms with Gasteiger partial charge in [0.1, 0.15) is 35.2 Å². The predicted octanol–water partition coefficient (Wildman–Crippen LogP) is 5.82. The number of nitriles is 1. The summed E-state index contributed by atoms with van der Waals surface area (Å²) >= 11 is 0. The Morgan fingerprint density at radius 1 is 1.07 bits per heavy atom. The second-order valence-electron chi connectivity index (χ2n) is 6.60. The van der Waals surface area contributed by atoms with Gasteiger partial charge in [-0.15, -0.1) is 0 Å². The lowest BCUT2D eigenvalue weighted by Crippen LogP contribution is -1.97. The molecule has 5 nitrogen and oxygen atoms in total. The minimum absolute atomic E-state index is 0.323. The van der Waals surface area contributed by atoms with Crippen LogP contribution in [0.5, 0.6) is 5.75 Å². The summed E-state index contributed by atoms with van der Waals surface area (Å²) in [6.07, 6.45) is 2.10. The molecule has 0 radical (unpaired) electrons. The largest absolute Gasteiger partial charge is 0.487 e. The highest BCUT2D eigenvalue weighted by Crippen LogP contribution is 2.27. The Morgan fingerprint density at radius 2 is 1.93 bits per heavy atom. The van der Waals surface area contributed by atoms with Gasteiger partial charge in [0, 0.05) is 29.9 Å². The van der Waals surface area contributed by atoms with Crippen LogP contribution in [0.25, 0.3) is 22.4 Å². The van der Waals surface area contributed by atoms with Gasteiger partial charge >= 0.3 is 0 Å². The Hall–Kier alpha value is -3.52. The number of ether oxygens (including phenoxy) is 1. The van der Waals surface area contributed by atoms with Crippen molar-refractivity contribution in [2.45, 2.75) is 32.8 Å². The van der Waals surface area contributed by atoms with Crippen LogP contribution in [-0.2, 0) is 13.0 Å². The first-order chi connectivity index (χ1) is 13.7. The van der Waals surface area contributed by atoms with Crippen molar-refractivity contribution in [3.63, 3.8) is 0 Å². The lowest BCUT2D eigenvalue weighted by Gasteiger charge is -2.04. The molecule has 5 heteroatoms. The zero-order valence-corrected chi connectivity index (χ0v) is 15.6. The Kier molecular flexibility index (Phi) is 5.11. The number of hydrogen-bond donors (Lipinski definition) is 0. The second kappa shape index (κ2) is 8.01. The minimum atomic E-state index is 0.323. The maximum atomic E-state index is 8.65. The number of aromatic nitrogens is 1. The number of nitrogens with zero attached hydrogens (tertiary/aromatic N) is 2. The maximum absolute atomic E-state index is 8.65. The molecular weight excluding hydrogens is 352 g/mol. The van der Waals surface area contributed by atoms with E-state index in [4.69, 9.17) is 18.8 Å². The van der Waals surface area contributed by atoms with Crippen molar-refractivity contribution in [3.8, 4) is 23.3 Å². The standard InChI is InChI=1S/C23H20N2O3/c1-16-21(25-23(27-16)17-7-3-2-4-8-17)15-26-19-11-10-18-13-20(9-5-6-12-24)28-22(18)14-19/h2-4,7-8,10-11,13-14H,5-6,9,15H2,1H3. The molecule has 140 valence electrons. The highest BCUT2D eigenvalue weighted by molar-refractivity contribution is 5.79. The first-order valence-corrected chi connectivity index (χ1v) is 9.27. The molecule has 0 fully saturated rings. The van der Waals surface area contributed by atoms with Crippen LogP contribution in [0, 0.1) is 18.3 Å². The Labute approximate surface area is 163 Å². The van der Waals surface area contributed by atoms with E-state index in [0.717, 1.165) is 46.6 Å². The monoisotopic (exact) mass is 372 g/mol. The molecular formula is C23H20N2O3. The molecule has 0 aliphatic rings. The van der Waals surface area contributed by atoms with E-state index in [-0.39, 0.29) is 0 Å². The van der Waals surface area contributed by atoms with Crippen LogP contribution in [0.1, 0.15) is 30.1 Å². The van der Waals surface area contributed by atoms with Crippen molar-refractivity contribution in [1.82, 2.24) is 4.98 Å². The Morgan fingerprint density at radius 3 is 2.75 bits per heavy atom. The summed E-state index contributed by atoms with van der Waals surface area (Å²) in [5, 5.41) is 9.68. The van der Waals surface area contributed by atoms with E-state index in [1.54, 1.807) is 0 Å². The number of benzene rings is 2. The fourth-order valence-corrected chi connectivity index (χ4v) is 3.04. The van der Waals surface area contributed by atoms with E-state index >= 15 is 0 Å². The average molecular weight is 372 g/mol. The minimum Gasteiger partial charge on any atom is -0.487 e. The second-order valence-corrected chi connectivity index (χ2v) is 6.60. The summed E-state index contributed by atoms with van der Waals surface area (Å²) in [4.78, 5) is 4.56. The number of fused-ring (bicyclic) bond motifs is 1. The van der Waals surface area contributed by atoms with Gasteiger partial charge in [0.15, 0.2) is 0 Å². The maximum Gasteiger partial charge on any atom is 0.226 e. The lowest BCUT2D eigenvalue weighted by molar-refractivity contribution is 0.299. The average Bonchev–Trinajstić information content (AvgIpc) is 3.29. The first-order valence-electron chi connectivity index (χ1n) is 9.27. The molecule has 0 unspecified atom stereocenters. The van der Waals surface area contributed by atoms with Gasteiger partial charge in [0.25, 0.3) is 0 Å². The molecule has 0 saturated carbocycles. The zero-order valence-electron chi connectivity index (χ0n) is 15.6. The number of unbranched alkanes of at least 4 members (excludes halogenated alkanes) is 1. The van der Waals surface area contributed by atoms with Crippen molar-refractivity contribution in [1.29, 1.82) is 5.26 Å². The quantitative estimate of drug-likeness (QED) is 0.382. The van der Waals surface area contributed by atoms with Gasteiger partial charge < -0.3 is 13.6 Å². The SMILES string of the molecule is Cc1oc(-c2ccccc2)nc1COc1ccc2cc(CCCC#N)oc2c1. The van der Waals surface area contributed by atoms with Gasteiger partial charge in [0.2, 0.25) is 5.89 Å². The number of hydrogen-bond acceptors (Lipinski definition) is 5. The van der Waals surface area contributed by atoms with Crippen molar-refractivity contribution in [3.05, 3.63) is 71.8 Å². The van der Waals surface area contributed by atoms with Crippen LogP contribution in [0.15, 0.2) is 63.4 Å². The normalized spacial score (nSPS) is 10.9. The number of oxazole rings is 1. The third kappa shape index (κ3) is 3.91. The molecule has 2 aromatic heterocycles. The van der Waals surface area contributed by atoms with Crippen LogP contribution in [0.4, 0.5) is 0 Å². The number of aryl methyl sites for hydroxylation is 2. The first kappa shape index (κ1) is 17.9. The van der Waals surface area contributed by atoms with Crippen LogP contribution in [0.3, 0.4) is 0 Å². The van der Waals surface area contributed by atoms with Crippen LogP contribution in [0.2, 0.25) is 0 Å². The molecule has 0 amide bonds. The smallest absolute Gasteiger partial charge is 0.226 e. The van der Waals surface area contributed by atoms with Crippen molar-refractivity contribution in [2.75, 3.05) is 0 Å². The third-order valence-electron chi connectivity index (χ3n) is 4.54. The van der Waals surface area contributed by atoms with Gasteiger partial charge in [-0.1, -0.05) is 18.2 Å². The number of rotatable bonds is 7. The fourth-order valence-electron chi connectivity index (χ4n) is 3.04. The summed E-state index contributed by atoms with van der Waals surface area (Å²) < 4.78 is 17.6. The van der Waals surface area contributed by atoms with E-state index < -0.39 is 0 Å². The zero-order chi connectivity index (χ0) is 19.3. The summed E-state index contributed by atoms with van der Waals surface area (Å²) in [5.74, 6) is 2.95. The Bertz CT molecular complexity index is 1120. The molecule has 0 atom stereocenters. The van der Waals surface area contributed by atoms with E-state index in [2.05, 4.69) is 11.1 Å². The summed E-state index contributed by atoms with van der Waals surface area (Å²) in [7, 11) is 0. The molecule has 0 saturated heterocycles. The lowest BCUT2D eigenvalue weighted by atomic mass is 10.2. The van der Waals surface area contributed by atoms with Gasteiger partial charge in [-0.25, -0.2) is 4.98 Å².